The first-order chi connectivity index (χ1) is 13.5. The molecule has 15 heteroatoms. The van der Waals surface area contributed by atoms with Gasteiger partial charge in [0.2, 0.25) is 18.1 Å². The van der Waals surface area contributed by atoms with Crippen molar-refractivity contribution in [2.24, 2.45) is 12.8 Å². The number of hydrogen-bond donors (Lipinski definition) is 5. The third kappa shape index (κ3) is 7.74. The van der Waals surface area contributed by atoms with Gasteiger partial charge in [0.25, 0.3) is 0 Å². The number of aliphatic carboxylic acids is 2. The van der Waals surface area contributed by atoms with Gasteiger partial charge in [-0.1, -0.05) is 11.8 Å². The molecular formula is C14H20N6O8S. The SMILES string of the molecule is Cn1cnc([N+](=O)[O-])c1SC[C@H](NC(=O)CC[C@H](N)C(=O)O)C(=O)NCC(=O)O. The second-order valence-electron chi connectivity index (χ2n) is 5.77. The number of nitrogens with zero attached hydrogens (tertiary/aromatic N) is 3. The first-order valence-corrected chi connectivity index (χ1v) is 9.07. The lowest BCUT2D eigenvalue weighted by Gasteiger charge is -2.18. The van der Waals surface area contributed by atoms with Crippen LogP contribution in [0.15, 0.2) is 11.4 Å². The number of imidazole rings is 1. The van der Waals surface area contributed by atoms with E-state index in [1.807, 2.05) is 0 Å². The lowest BCUT2D eigenvalue weighted by atomic mass is 10.1. The van der Waals surface area contributed by atoms with Crippen LogP contribution < -0.4 is 16.4 Å². The number of thioether (sulfide) groups is 1. The number of carboxylic acids is 2. The molecule has 1 rings (SSSR count). The summed E-state index contributed by atoms with van der Waals surface area (Å²) in [5.74, 6) is -4.68. The Bertz CT molecular complexity index is 797. The van der Waals surface area contributed by atoms with Crippen molar-refractivity contribution < 1.29 is 34.3 Å². The molecule has 0 saturated carbocycles. The van der Waals surface area contributed by atoms with Crippen LogP contribution in [0.3, 0.4) is 0 Å². The molecule has 1 aromatic rings. The van der Waals surface area contributed by atoms with Gasteiger partial charge in [0.05, 0.1) is 0 Å². The third-order valence-corrected chi connectivity index (χ3v) is 4.73. The maximum absolute atomic E-state index is 12.2. The zero-order chi connectivity index (χ0) is 22.1. The van der Waals surface area contributed by atoms with Crippen molar-refractivity contribution in [2.45, 2.75) is 30.0 Å². The minimum absolute atomic E-state index is 0.133. The average Bonchev–Trinajstić information content (AvgIpc) is 3.01. The van der Waals surface area contributed by atoms with Crippen LogP contribution in [0.4, 0.5) is 5.82 Å². The molecule has 6 N–H and O–H groups in total. The van der Waals surface area contributed by atoms with Gasteiger partial charge in [-0.05, 0) is 16.3 Å². The summed E-state index contributed by atoms with van der Waals surface area (Å²) >= 11 is 0.868. The van der Waals surface area contributed by atoms with Crippen molar-refractivity contribution in [2.75, 3.05) is 12.3 Å². The number of nitrogens with one attached hydrogen (secondary N) is 2. The minimum atomic E-state index is -1.30. The predicted octanol–water partition coefficient (Wildman–Crippen LogP) is -1.70. The third-order valence-electron chi connectivity index (χ3n) is 3.49. The number of aryl methyl sites for hydroxylation is 1. The first-order valence-electron chi connectivity index (χ1n) is 8.08. The molecule has 0 aromatic carbocycles. The van der Waals surface area contributed by atoms with Gasteiger partial charge in [-0.15, -0.1) is 0 Å². The average molecular weight is 432 g/mol. The minimum Gasteiger partial charge on any atom is -0.480 e. The summed E-state index contributed by atoms with van der Waals surface area (Å²) < 4.78 is 1.36. The van der Waals surface area contributed by atoms with E-state index in [4.69, 9.17) is 15.9 Å². The molecule has 1 heterocycles. The summed E-state index contributed by atoms with van der Waals surface area (Å²) in [7, 11) is 1.51. The molecule has 0 bridgehead atoms. The number of nitro groups is 1. The van der Waals surface area contributed by atoms with Crippen LogP contribution in [-0.2, 0) is 26.2 Å². The molecular weight excluding hydrogens is 412 g/mol. The van der Waals surface area contributed by atoms with Crippen molar-refractivity contribution in [1.82, 2.24) is 20.2 Å². The van der Waals surface area contributed by atoms with E-state index in [1.165, 1.54) is 17.9 Å². The standard InChI is InChI=1S/C14H20N6O8S/c1-19-6-17-11(20(27)28)13(19)29-5-8(12(24)16-4-10(22)23)18-9(21)3-2-7(15)14(25)26/h6-8H,2-5,15H2,1H3,(H,16,24)(H,18,21)(H,22,23)(H,25,26)/t7-,8-/m0/s1. The Morgan fingerprint density at radius 2 is 2.03 bits per heavy atom. The number of hydrogen-bond acceptors (Lipinski definition) is 9. The Morgan fingerprint density at radius 3 is 2.59 bits per heavy atom. The smallest absolute Gasteiger partial charge is 0.395 e. The number of amides is 2. The molecule has 2 atom stereocenters. The molecule has 0 unspecified atom stereocenters. The topological polar surface area (TPSA) is 220 Å². The number of carboxylic acid groups (broad SMARTS) is 2. The lowest BCUT2D eigenvalue weighted by molar-refractivity contribution is -0.392. The molecule has 0 spiro atoms. The van der Waals surface area contributed by atoms with Crippen LogP contribution in [0.2, 0.25) is 0 Å². The predicted molar refractivity (Wildman–Crippen MR) is 98.0 cm³/mol. The highest BCUT2D eigenvalue weighted by Gasteiger charge is 2.26. The summed E-state index contributed by atoms with van der Waals surface area (Å²) in [6.07, 6.45) is 0.753. The van der Waals surface area contributed by atoms with Crippen LogP contribution >= 0.6 is 11.8 Å². The number of rotatable bonds is 12. The monoisotopic (exact) mass is 432 g/mol. The quantitative estimate of drug-likeness (QED) is 0.142. The van der Waals surface area contributed by atoms with Crippen molar-refractivity contribution >= 4 is 41.3 Å². The van der Waals surface area contributed by atoms with E-state index in [2.05, 4.69) is 15.6 Å². The van der Waals surface area contributed by atoms with Crippen molar-refractivity contribution in [1.29, 1.82) is 0 Å². The molecule has 0 fully saturated rings. The van der Waals surface area contributed by atoms with E-state index in [1.54, 1.807) is 0 Å². The largest absolute Gasteiger partial charge is 0.480 e. The van der Waals surface area contributed by atoms with Gasteiger partial charge >= 0.3 is 17.8 Å². The second kappa shape index (κ2) is 11.0. The molecule has 29 heavy (non-hydrogen) atoms. The van der Waals surface area contributed by atoms with Crippen molar-refractivity contribution in [3.8, 4) is 0 Å². The Morgan fingerprint density at radius 1 is 1.38 bits per heavy atom. The van der Waals surface area contributed by atoms with Crippen molar-refractivity contribution in [3.63, 3.8) is 0 Å². The molecule has 0 saturated heterocycles. The van der Waals surface area contributed by atoms with E-state index in [0.29, 0.717) is 0 Å². The molecule has 0 radical (unpaired) electrons. The van der Waals surface area contributed by atoms with Gasteiger partial charge in [0, 0.05) is 19.2 Å². The summed E-state index contributed by atoms with van der Waals surface area (Å²) in [6, 6.07) is -2.49. The van der Waals surface area contributed by atoms with Crippen LogP contribution in [0.5, 0.6) is 0 Å². The second-order valence-corrected chi connectivity index (χ2v) is 6.78. The normalized spacial score (nSPS) is 12.6. The van der Waals surface area contributed by atoms with Gasteiger partial charge in [0.15, 0.2) is 5.03 Å². The fraction of sp³-hybridized carbons (Fsp3) is 0.500. The molecule has 0 aliphatic heterocycles. The molecule has 14 nitrogen and oxygen atoms in total. The van der Waals surface area contributed by atoms with Gasteiger partial charge in [-0.2, -0.15) is 0 Å². The van der Waals surface area contributed by atoms with Gasteiger partial charge in [-0.3, -0.25) is 19.2 Å². The zero-order valence-electron chi connectivity index (χ0n) is 15.2. The van der Waals surface area contributed by atoms with Crippen LogP contribution in [0, 0.1) is 10.1 Å². The highest BCUT2D eigenvalue weighted by molar-refractivity contribution is 7.99. The van der Waals surface area contributed by atoms with Crippen LogP contribution in [-0.4, -0.2) is 72.8 Å². The maximum atomic E-state index is 12.2. The number of aromatic nitrogens is 2. The number of carbonyl (C=O) groups is 4. The van der Waals surface area contributed by atoms with Gasteiger partial charge in [-0.25, -0.2) is 0 Å². The molecule has 0 aliphatic carbocycles. The summed E-state index contributed by atoms with van der Waals surface area (Å²) in [6.45, 7) is -0.689. The highest BCUT2D eigenvalue weighted by atomic mass is 32.2. The zero-order valence-corrected chi connectivity index (χ0v) is 16.0. The molecule has 0 aliphatic rings. The van der Waals surface area contributed by atoms with E-state index >= 15 is 0 Å². The van der Waals surface area contributed by atoms with Gasteiger partial charge < -0.3 is 41.3 Å². The van der Waals surface area contributed by atoms with Gasteiger partial charge in [0.1, 0.15) is 18.6 Å². The van der Waals surface area contributed by atoms with E-state index in [9.17, 15) is 29.3 Å². The number of carbonyl (C=O) groups excluding carboxylic acids is 2. The first kappa shape index (κ1) is 23.8. The van der Waals surface area contributed by atoms with E-state index in [-0.39, 0.29) is 23.6 Å². The summed E-state index contributed by atoms with van der Waals surface area (Å²) in [4.78, 5) is 59.5. The summed E-state index contributed by atoms with van der Waals surface area (Å²) in [5.41, 5.74) is 5.32. The molecule has 2 amide bonds. The Labute approximate surface area is 168 Å². The Balaban J connectivity index is 2.83. The lowest BCUT2D eigenvalue weighted by Crippen LogP contribution is -2.49. The Kier molecular flexibility index (Phi) is 9.01. The fourth-order valence-corrected chi connectivity index (χ4v) is 3.07. The van der Waals surface area contributed by atoms with Crippen LogP contribution in [0.1, 0.15) is 12.8 Å². The molecule has 1 aromatic heterocycles. The van der Waals surface area contributed by atoms with Crippen molar-refractivity contribution in [3.05, 3.63) is 16.4 Å². The highest BCUT2D eigenvalue weighted by Crippen LogP contribution is 2.27. The fourth-order valence-electron chi connectivity index (χ4n) is 2.01. The van der Waals surface area contributed by atoms with E-state index in [0.717, 1.165) is 11.8 Å². The Hall–Kier alpha value is -3.20. The maximum Gasteiger partial charge on any atom is 0.395 e. The summed E-state index contributed by atoms with van der Waals surface area (Å²) in [5, 5.41) is 33.0. The van der Waals surface area contributed by atoms with Crippen LogP contribution in [0.25, 0.3) is 0 Å². The number of nitrogens with two attached hydrogens (primary N) is 1. The molecule has 160 valence electrons. The van der Waals surface area contributed by atoms with E-state index < -0.39 is 53.1 Å².